The largest absolute Gasteiger partial charge is 0.371 e. The van der Waals surface area contributed by atoms with Gasteiger partial charge in [-0.25, -0.2) is 4.98 Å². The first-order valence-corrected chi connectivity index (χ1v) is 8.48. The standard InChI is InChI=1S/C19H22N4/c1-2-14-5-4-10-23(13-14)17-7-9-21-19-18(17)16(12-22-19)15-6-3-8-20-11-15/h3,6-9,11-12,14H,2,4-5,10,13H2,1H3,(H,21,22)/t14-/m0/s1. The predicted octanol–water partition coefficient (Wildman–Crippen LogP) is 4.25. The maximum Gasteiger partial charge on any atom is 0.139 e. The van der Waals surface area contributed by atoms with Gasteiger partial charge >= 0.3 is 0 Å². The van der Waals surface area contributed by atoms with Gasteiger partial charge in [-0.1, -0.05) is 19.4 Å². The summed E-state index contributed by atoms with van der Waals surface area (Å²) < 4.78 is 0. The molecule has 0 saturated carbocycles. The van der Waals surface area contributed by atoms with Crippen molar-refractivity contribution in [3.8, 4) is 11.1 Å². The van der Waals surface area contributed by atoms with Gasteiger partial charge in [0.2, 0.25) is 0 Å². The third kappa shape index (κ3) is 2.58. The van der Waals surface area contributed by atoms with Gasteiger partial charge in [0, 0.05) is 60.1 Å². The van der Waals surface area contributed by atoms with Crippen LogP contribution < -0.4 is 4.90 Å². The van der Waals surface area contributed by atoms with Crippen LogP contribution in [-0.4, -0.2) is 28.0 Å². The molecule has 3 aromatic rings. The molecule has 0 radical (unpaired) electrons. The van der Waals surface area contributed by atoms with Crippen molar-refractivity contribution in [2.45, 2.75) is 26.2 Å². The number of nitrogens with one attached hydrogen (secondary N) is 1. The highest BCUT2D eigenvalue weighted by molar-refractivity contribution is 6.02. The summed E-state index contributed by atoms with van der Waals surface area (Å²) in [7, 11) is 0. The number of aromatic nitrogens is 3. The van der Waals surface area contributed by atoms with Gasteiger partial charge < -0.3 is 9.88 Å². The van der Waals surface area contributed by atoms with Crippen molar-refractivity contribution < 1.29 is 0 Å². The first-order valence-electron chi connectivity index (χ1n) is 8.48. The summed E-state index contributed by atoms with van der Waals surface area (Å²) in [6.07, 6.45) is 11.6. The molecule has 4 heterocycles. The van der Waals surface area contributed by atoms with Crippen molar-refractivity contribution in [1.82, 2.24) is 15.0 Å². The molecule has 3 aromatic heterocycles. The monoisotopic (exact) mass is 306 g/mol. The zero-order valence-corrected chi connectivity index (χ0v) is 13.5. The number of piperidine rings is 1. The number of rotatable bonds is 3. The highest BCUT2D eigenvalue weighted by Gasteiger charge is 2.22. The number of fused-ring (bicyclic) bond motifs is 1. The number of aromatic amines is 1. The predicted molar refractivity (Wildman–Crippen MR) is 94.6 cm³/mol. The van der Waals surface area contributed by atoms with E-state index in [0.717, 1.165) is 30.2 Å². The van der Waals surface area contributed by atoms with Crippen molar-refractivity contribution in [1.29, 1.82) is 0 Å². The van der Waals surface area contributed by atoms with Gasteiger partial charge in [-0.2, -0.15) is 0 Å². The first-order chi connectivity index (χ1) is 11.4. The minimum atomic E-state index is 0.799. The maximum atomic E-state index is 4.52. The number of nitrogens with zero attached hydrogens (tertiary/aromatic N) is 3. The highest BCUT2D eigenvalue weighted by Crippen LogP contribution is 2.36. The number of anilines is 1. The van der Waals surface area contributed by atoms with E-state index in [2.05, 4.69) is 45.1 Å². The van der Waals surface area contributed by atoms with Crippen molar-refractivity contribution in [3.63, 3.8) is 0 Å². The third-order valence-electron chi connectivity index (χ3n) is 4.96. The number of pyridine rings is 2. The summed E-state index contributed by atoms with van der Waals surface area (Å²) in [5, 5.41) is 1.22. The fourth-order valence-electron chi connectivity index (χ4n) is 3.67. The summed E-state index contributed by atoms with van der Waals surface area (Å²) in [6, 6.07) is 6.25. The molecule has 0 bridgehead atoms. The van der Waals surface area contributed by atoms with Gasteiger partial charge in [0.1, 0.15) is 5.65 Å². The highest BCUT2D eigenvalue weighted by atomic mass is 15.1. The van der Waals surface area contributed by atoms with E-state index in [1.54, 1.807) is 0 Å². The van der Waals surface area contributed by atoms with Crippen LogP contribution in [0.15, 0.2) is 43.0 Å². The number of hydrogen-bond donors (Lipinski definition) is 1. The zero-order chi connectivity index (χ0) is 15.6. The second-order valence-corrected chi connectivity index (χ2v) is 6.36. The van der Waals surface area contributed by atoms with E-state index in [4.69, 9.17) is 0 Å². The lowest BCUT2D eigenvalue weighted by Gasteiger charge is -2.34. The molecule has 1 aliphatic heterocycles. The van der Waals surface area contributed by atoms with Gasteiger partial charge in [0.25, 0.3) is 0 Å². The number of hydrogen-bond acceptors (Lipinski definition) is 3. The molecule has 23 heavy (non-hydrogen) atoms. The molecule has 1 atom stereocenters. The second kappa shape index (κ2) is 6.03. The van der Waals surface area contributed by atoms with Gasteiger partial charge in [0.05, 0.1) is 0 Å². The fourth-order valence-corrected chi connectivity index (χ4v) is 3.67. The maximum absolute atomic E-state index is 4.52. The Kier molecular flexibility index (Phi) is 3.74. The Morgan fingerprint density at radius 1 is 1.30 bits per heavy atom. The quantitative estimate of drug-likeness (QED) is 0.786. The molecule has 1 saturated heterocycles. The molecular weight excluding hydrogens is 284 g/mol. The molecule has 4 nitrogen and oxygen atoms in total. The van der Waals surface area contributed by atoms with Crippen molar-refractivity contribution in [3.05, 3.63) is 43.0 Å². The SMILES string of the molecule is CC[C@H]1CCCN(c2ccnc3[nH]cc(-c4cccnc4)c23)C1. The van der Waals surface area contributed by atoms with Crippen LogP contribution in [0.1, 0.15) is 26.2 Å². The van der Waals surface area contributed by atoms with Crippen LogP contribution in [0.4, 0.5) is 5.69 Å². The summed E-state index contributed by atoms with van der Waals surface area (Å²) in [6.45, 7) is 4.58. The fraction of sp³-hybridized carbons (Fsp3) is 0.368. The van der Waals surface area contributed by atoms with E-state index in [1.807, 2.05) is 24.7 Å². The topological polar surface area (TPSA) is 44.8 Å². The van der Waals surface area contributed by atoms with Crippen LogP contribution in [-0.2, 0) is 0 Å². The second-order valence-electron chi connectivity index (χ2n) is 6.36. The Bertz CT molecular complexity index is 793. The van der Waals surface area contributed by atoms with Gasteiger partial charge in [0.15, 0.2) is 0 Å². The Labute approximate surface area is 136 Å². The normalized spacial score (nSPS) is 18.5. The molecule has 1 aliphatic rings. The summed E-state index contributed by atoms with van der Waals surface area (Å²) in [5.41, 5.74) is 4.58. The minimum Gasteiger partial charge on any atom is -0.371 e. The molecule has 118 valence electrons. The van der Waals surface area contributed by atoms with Gasteiger partial charge in [-0.3, -0.25) is 4.98 Å². The lowest BCUT2D eigenvalue weighted by atomic mass is 9.94. The van der Waals surface area contributed by atoms with E-state index in [0.29, 0.717) is 0 Å². The molecule has 0 spiro atoms. The Hall–Kier alpha value is -2.36. The third-order valence-corrected chi connectivity index (χ3v) is 4.96. The van der Waals surface area contributed by atoms with Crippen LogP contribution in [0.2, 0.25) is 0 Å². The van der Waals surface area contributed by atoms with Crippen molar-refractivity contribution in [2.24, 2.45) is 5.92 Å². The van der Waals surface area contributed by atoms with Crippen molar-refractivity contribution in [2.75, 3.05) is 18.0 Å². The Morgan fingerprint density at radius 2 is 2.26 bits per heavy atom. The molecule has 1 fully saturated rings. The molecular formula is C19H22N4. The van der Waals surface area contributed by atoms with Gasteiger partial charge in [-0.15, -0.1) is 0 Å². The van der Waals surface area contributed by atoms with Crippen LogP contribution in [0.5, 0.6) is 0 Å². The van der Waals surface area contributed by atoms with E-state index in [9.17, 15) is 0 Å². The van der Waals surface area contributed by atoms with E-state index >= 15 is 0 Å². The minimum absolute atomic E-state index is 0.799. The lowest BCUT2D eigenvalue weighted by Crippen LogP contribution is -2.35. The van der Waals surface area contributed by atoms with E-state index < -0.39 is 0 Å². The Morgan fingerprint density at radius 3 is 3.09 bits per heavy atom. The molecule has 4 heteroatoms. The molecule has 1 N–H and O–H groups in total. The van der Waals surface area contributed by atoms with E-state index in [-0.39, 0.29) is 0 Å². The van der Waals surface area contributed by atoms with E-state index in [1.165, 1.54) is 35.9 Å². The molecule has 4 rings (SSSR count). The molecule has 0 aliphatic carbocycles. The molecule has 0 unspecified atom stereocenters. The summed E-state index contributed by atoms with van der Waals surface area (Å²) in [5.74, 6) is 0.799. The average Bonchev–Trinajstić information content (AvgIpc) is 3.06. The molecule has 0 aromatic carbocycles. The smallest absolute Gasteiger partial charge is 0.139 e. The lowest BCUT2D eigenvalue weighted by molar-refractivity contribution is 0.405. The van der Waals surface area contributed by atoms with Crippen LogP contribution in [0.25, 0.3) is 22.2 Å². The summed E-state index contributed by atoms with van der Waals surface area (Å²) in [4.78, 5) is 14.6. The van der Waals surface area contributed by atoms with Crippen LogP contribution in [0, 0.1) is 5.92 Å². The average molecular weight is 306 g/mol. The van der Waals surface area contributed by atoms with Crippen LogP contribution >= 0.6 is 0 Å². The van der Waals surface area contributed by atoms with Crippen LogP contribution in [0.3, 0.4) is 0 Å². The molecule has 0 amide bonds. The van der Waals surface area contributed by atoms with Gasteiger partial charge in [-0.05, 0) is 30.9 Å². The zero-order valence-electron chi connectivity index (χ0n) is 13.5. The first kappa shape index (κ1) is 14.2. The van der Waals surface area contributed by atoms with Crippen molar-refractivity contribution >= 4 is 16.7 Å². The summed E-state index contributed by atoms with van der Waals surface area (Å²) >= 11 is 0. The Balaban J connectivity index is 1.82. The number of H-pyrrole nitrogens is 1.